The molecule has 170 valence electrons. The predicted octanol–water partition coefficient (Wildman–Crippen LogP) is 5.56. The van der Waals surface area contributed by atoms with Crippen molar-refractivity contribution in [2.75, 3.05) is 13.1 Å². The standard InChI is InChI=1S/C26H32FN3O2/c1-4-6-14-21(31)18-30(17-5-2)19-22-25(20-12-8-7-9-13-20)28-29(3)26(22)32-24-16-11-10-15-23(24)27/h4,7-13,15-16,21,31H,1,5-6,14,17-19H2,2-3H3/t21-/m1/s1. The van der Waals surface area contributed by atoms with Gasteiger partial charge in [-0.25, -0.2) is 9.07 Å². The normalized spacial score (nSPS) is 12.2. The molecule has 1 atom stereocenters. The summed E-state index contributed by atoms with van der Waals surface area (Å²) in [7, 11) is 1.80. The molecular formula is C26H32FN3O2. The van der Waals surface area contributed by atoms with E-state index in [9.17, 15) is 9.50 Å². The zero-order valence-electron chi connectivity index (χ0n) is 18.9. The average Bonchev–Trinajstić information content (AvgIpc) is 3.09. The monoisotopic (exact) mass is 437 g/mol. The highest BCUT2D eigenvalue weighted by Gasteiger charge is 2.23. The SMILES string of the molecule is C=CCC[C@@H](O)CN(CCC)Cc1c(-c2ccccc2)nn(C)c1Oc1ccccc1F. The van der Waals surface area contributed by atoms with E-state index in [4.69, 9.17) is 9.84 Å². The smallest absolute Gasteiger partial charge is 0.222 e. The number of aliphatic hydroxyl groups excluding tert-OH is 1. The molecule has 1 N–H and O–H groups in total. The second-order valence-electron chi connectivity index (χ2n) is 7.91. The molecule has 0 bridgehead atoms. The van der Waals surface area contributed by atoms with Gasteiger partial charge in [0, 0.05) is 25.7 Å². The largest absolute Gasteiger partial charge is 0.436 e. The van der Waals surface area contributed by atoms with E-state index in [1.807, 2.05) is 36.4 Å². The number of hydrogen-bond acceptors (Lipinski definition) is 4. The summed E-state index contributed by atoms with van der Waals surface area (Å²) in [4.78, 5) is 2.20. The number of hydrogen-bond donors (Lipinski definition) is 1. The minimum absolute atomic E-state index is 0.157. The van der Waals surface area contributed by atoms with Gasteiger partial charge in [0.1, 0.15) is 5.69 Å². The van der Waals surface area contributed by atoms with Gasteiger partial charge in [0.2, 0.25) is 5.88 Å². The lowest BCUT2D eigenvalue weighted by Crippen LogP contribution is -2.33. The minimum Gasteiger partial charge on any atom is -0.436 e. The van der Waals surface area contributed by atoms with Crippen LogP contribution in [0.4, 0.5) is 4.39 Å². The van der Waals surface area contributed by atoms with Crippen molar-refractivity contribution in [3.05, 3.63) is 78.6 Å². The molecule has 1 heterocycles. The Morgan fingerprint density at radius 2 is 1.91 bits per heavy atom. The van der Waals surface area contributed by atoms with Crippen LogP contribution in [0.5, 0.6) is 11.6 Å². The molecule has 0 radical (unpaired) electrons. The zero-order valence-corrected chi connectivity index (χ0v) is 18.9. The Hall–Kier alpha value is -2.96. The van der Waals surface area contributed by atoms with Crippen LogP contribution in [-0.4, -0.2) is 39.0 Å². The summed E-state index contributed by atoms with van der Waals surface area (Å²) < 4.78 is 22.0. The third kappa shape index (κ3) is 6.05. The third-order valence-electron chi connectivity index (χ3n) is 5.27. The number of para-hydroxylation sites is 1. The van der Waals surface area contributed by atoms with Crippen LogP contribution in [-0.2, 0) is 13.6 Å². The van der Waals surface area contributed by atoms with Crippen molar-refractivity contribution in [1.82, 2.24) is 14.7 Å². The molecular weight excluding hydrogens is 405 g/mol. The van der Waals surface area contributed by atoms with Gasteiger partial charge < -0.3 is 9.84 Å². The third-order valence-corrected chi connectivity index (χ3v) is 5.27. The van der Waals surface area contributed by atoms with E-state index >= 15 is 0 Å². The average molecular weight is 438 g/mol. The summed E-state index contributed by atoms with van der Waals surface area (Å²) in [6.07, 6.45) is 3.75. The molecule has 0 amide bonds. The molecule has 1 aromatic heterocycles. The van der Waals surface area contributed by atoms with Gasteiger partial charge in [-0.1, -0.05) is 55.5 Å². The molecule has 6 heteroatoms. The molecule has 0 fully saturated rings. The maximum Gasteiger partial charge on any atom is 0.222 e. The highest BCUT2D eigenvalue weighted by Crippen LogP contribution is 2.35. The predicted molar refractivity (Wildman–Crippen MR) is 126 cm³/mol. The fraction of sp³-hybridized carbons (Fsp3) is 0.346. The summed E-state index contributed by atoms with van der Waals surface area (Å²) in [6.45, 7) is 7.73. The molecule has 3 rings (SSSR count). The number of aliphatic hydroxyl groups is 1. The number of rotatable bonds is 12. The van der Waals surface area contributed by atoms with E-state index < -0.39 is 11.9 Å². The van der Waals surface area contributed by atoms with E-state index in [1.54, 1.807) is 29.9 Å². The Morgan fingerprint density at radius 1 is 1.19 bits per heavy atom. The van der Waals surface area contributed by atoms with Crippen molar-refractivity contribution in [2.45, 2.75) is 38.8 Å². The number of halogens is 1. The first-order valence-electron chi connectivity index (χ1n) is 11.1. The van der Waals surface area contributed by atoms with E-state index in [1.165, 1.54) is 6.07 Å². The number of aromatic nitrogens is 2. The minimum atomic E-state index is -0.452. The number of benzene rings is 2. The molecule has 0 spiro atoms. The summed E-state index contributed by atoms with van der Waals surface area (Å²) in [5, 5.41) is 15.2. The van der Waals surface area contributed by atoms with Crippen molar-refractivity contribution >= 4 is 0 Å². The van der Waals surface area contributed by atoms with Gasteiger partial charge in [-0.05, 0) is 37.9 Å². The molecule has 3 aromatic rings. The van der Waals surface area contributed by atoms with Crippen LogP contribution in [0.25, 0.3) is 11.3 Å². The van der Waals surface area contributed by atoms with Crippen LogP contribution < -0.4 is 4.74 Å². The number of aryl methyl sites for hydroxylation is 1. The second-order valence-corrected chi connectivity index (χ2v) is 7.91. The molecule has 2 aromatic carbocycles. The molecule has 0 saturated heterocycles. The molecule has 0 aliphatic carbocycles. The summed E-state index contributed by atoms with van der Waals surface area (Å²) in [5.41, 5.74) is 2.62. The maximum atomic E-state index is 14.3. The van der Waals surface area contributed by atoms with Crippen LogP contribution in [0.3, 0.4) is 0 Å². The highest BCUT2D eigenvalue weighted by molar-refractivity contribution is 5.65. The quantitative estimate of drug-likeness (QED) is 0.377. The van der Waals surface area contributed by atoms with Crippen LogP contribution in [0, 0.1) is 5.82 Å². The summed E-state index contributed by atoms with van der Waals surface area (Å²) >= 11 is 0. The van der Waals surface area contributed by atoms with Crippen LogP contribution in [0.15, 0.2) is 67.3 Å². The van der Waals surface area contributed by atoms with E-state index in [-0.39, 0.29) is 5.75 Å². The van der Waals surface area contributed by atoms with Crippen molar-refractivity contribution in [1.29, 1.82) is 0 Å². The first kappa shape index (κ1) is 23.7. The second kappa shape index (κ2) is 11.6. The van der Waals surface area contributed by atoms with Gasteiger partial charge >= 0.3 is 0 Å². The van der Waals surface area contributed by atoms with E-state index in [0.717, 1.165) is 36.2 Å². The topological polar surface area (TPSA) is 50.5 Å². The van der Waals surface area contributed by atoms with Crippen molar-refractivity contribution in [2.24, 2.45) is 7.05 Å². The molecule has 0 aliphatic rings. The molecule has 5 nitrogen and oxygen atoms in total. The lowest BCUT2D eigenvalue weighted by atomic mass is 10.1. The van der Waals surface area contributed by atoms with Crippen molar-refractivity contribution in [3.8, 4) is 22.9 Å². The van der Waals surface area contributed by atoms with Crippen LogP contribution in [0.2, 0.25) is 0 Å². The van der Waals surface area contributed by atoms with E-state index in [0.29, 0.717) is 25.4 Å². The Labute approximate surface area is 189 Å². The van der Waals surface area contributed by atoms with Crippen molar-refractivity contribution in [3.63, 3.8) is 0 Å². The van der Waals surface area contributed by atoms with Gasteiger partial charge in [0.05, 0.1) is 11.7 Å². The molecule has 0 aliphatic heterocycles. The fourth-order valence-electron chi connectivity index (χ4n) is 3.76. The van der Waals surface area contributed by atoms with Gasteiger partial charge in [0.25, 0.3) is 0 Å². The van der Waals surface area contributed by atoms with Crippen LogP contribution >= 0.6 is 0 Å². The molecule has 32 heavy (non-hydrogen) atoms. The van der Waals surface area contributed by atoms with Gasteiger partial charge in [-0.15, -0.1) is 6.58 Å². The van der Waals surface area contributed by atoms with Crippen molar-refractivity contribution < 1.29 is 14.2 Å². The summed E-state index contributed by atoms with van der Waals surface area (Å²) in [6, 6.07) is 16.3. The lowest BCUT2D eigenvalue weighted by Gasteiger charge is -2.25. The first-order valence-corrected chi connectivity index (χ1v) is 11.1. The van der Waals surface area contributed by atoms with Gasteiger partial charge in [-0.3, -0.25) is 4.90 Å². The highest BCUT2D eigenvalue weighted by atomic mass is 19.1. The van der Waals surface area contributed by atoms with E-state index in [2.05, 4.69) is 18.4 Å². The zero-order chi connectivity index (χ0) is 22.9. The van der Waals surface area contributed by atoms with Gasteiger partial charge in [0.15, 0.2) is 11.6 Å². The number of ether oxygens (including phenoxy) is 1. The lowest BCUT2D eigenvalue weighted by molar-refractivity contribution is 0.102. The molecule has 0 unspecified atom stereocenters. The number of allylic oxidation sites excluding steroid dienone is 1. The Kier molecular flexibility index (Phi) is 8.59. The fourth-order valence-corrected chi connectivity index (χ4v) is 3.76. The Bertz CT molecular complexity index is 1000. The first-order chi connectivity index (χ1) is 15.5. The van der Waals surface area contributed by atoms with Gasteiger partial charge in [-0.2, -0.15) is 5.10 Å². The Morgan fingerprint density at radius 3 is 2.59 bits per heavy atom. The Balaban J connectivity index is 1.98. The number of nitrogens with zero attached hydrogens (tertiary/aromatic N) is 3. The maximum absolute atomic E-state index is 14.3. The summed E-state index contributed by atoms with van der Waals surface area (Å²) in [5.74, 6) is 0.228. The van der Waals surface area contributed by atoms with Crippen LogP contribution in [0.1, 0.15) is 31.7 Å². The molecule has 0 saturated carbocycles.